The molecule has 1 aliphatic rings. The number of nitrogens with one attached hydrogen (secondary N) is 1. The number of aromatic nitrogens is 3. The summed E-state index contributed by atoms with van der Waals surface area (Å²) in [5, 5.41) is 13.9. The van der Waals surface area contributed by atoms with Gasteiger partial charge in [0.1, 0.15) is 11.4 Å². The van der Waals surface area contributed by atoms with E-state index < -0.39 is 0 Å². The van der Waals surface area contributed by atoms with Crippen LogP contribution < -0.4 is 5.32 Å². The van der Waals surface area contributed by atoms with Crippen LogP contribution in [0.1, 0.15) is 36.7 Å². The molecule has 0 radical (unpaired) electrons. The van der Waals surface area contributed by atoms with Gasteiger partial charge in [0.15, 0.2) is 0 Å². The quantitative estimate of drug-likeness (QED) is 0.226. The summed E-state index contributed by atoms with van der Waals surface area (Å²) in [7, 11) is 0. The number of hydrogen-bond acceptors (Lipinski definition) is 8. The summed E-state index contributed by atoms with van der Waals surface area (Å²) in [5.41, 5.74) is 4.23. The number of esters is 1. The number of anilines is 1. The number of halogens is 1. The van der Waals surface area contributed by atoms with Crippen LogP contribution in [0.3, 0.4) is 0 Å². The van der Waals surface area contributed by atoms with E-state index in [0.717, 1.165) is 60.8 Å². The van der Waals surface area contributed by atoms with Gasteiger partial charge in [0.25, 0.3) is 0 Å². The molecule has 0 amide bonds. The molecule has 3 heterocycles. The van der Waals surface area contributed by atoms with E-state index in [9.17, 15) is 9.90 Å². The van der Waals surface area contributed by atoms with E-state index in [0.29, 0.717) is 31.3 Å². The number of pyridine rings is 1. The van der Waals surface area contributed by atoms with Gasteiger partial charge in [0, 0.05) is 37.8 Å². The Morgan fingerprint density at radius 2 is 2.17 bits per heavy atom. The van der Waals surface area contributed by atoms with Crippen LogP contribution in [0.5, 0.6) is 5.75 Å². The molecule has 1 saturated heterocycles. The lowest BCUT2D eigenvalue weighted by Crippen LogP contribution is -2.44. The van der Waals surface area contributed by atoms with E-state index in [1.807, 2.05) is 36.6 Å². The van der Waals surface area contributed by atoms with Crippen molar-refractivity contribution in [3.05, 3.63) is 47.3 Å². The number of hydrogen-bond donors (Lipinski definition) is 2. The van der Waals surface area contributed by atoms with Gasteiger partial charge in [-0.2, -0.15) is 0 Å². The zero-order valence-corrected chi connectivity index (χ0v) is 21.6. The summed E-state index contributed by atoms with van der Waals surface area (Å²) in [4.78, 5) is 23.4. The molecule has 1 atom stereocenters. The van der Waals surface area contributed by atoms with Crippen molar-refractivity contribution in [2.45, 2.75) is 45.2 Å². The van der Waals surface area contributed by atoms with E-state index >= 15 is 0 Å². The SMILES string of the molecule is CCOC(=O)CC1CN(CCCNc2nc3ccc(CCl)cc3n2Cc2nc(C)ccc2O)CCO1. The van der Waals surface area contributed by atoms with Crippen LogP contribution in [0.25, 0.3) is 11.0 Å². The lowest BCUT2D eigenvalue weighted by Gasteiger charge is -2.32. The molecule has 2 N–H and O–H groups in total. The van der Waals surface area contributed by atoms with Gasteiger partial charge in [0.2, 0.25) is 5.95 Å². The number of imidazole rings is 1. The van der Waals surface area contributed by atoms with Crippen LogP contribution in [0.4, 0.5) is 5.95 Å². The highest BCUT2D eigenvalue weighted by Gasteiger charge is 2.23. The van der Waals surface area contributed by atoms with Gasteiger partial charge in [0.05, 0.1) is 43.3 Å². The molecule has 194 valence electrons. The first-order chi connectivity index (χ1) is 17.5. The molecule has 0 aliphatic carbocycles. The number of alkyl halides is 1. The smallest absolute Gasteiger partial charge is 0.308 e. The zero-order chi connectivity index (χ0) is 25.5. The first-order valence-corrected chi connectivity index (χ1v) is 12.9. The Morgan fingerprint density at radius 3 is 2.97 bits per heavy atom. The van der Waals surface area contributed by atoms with Crippen LogP contribution in [-0.2, 0) is 26.7 Å². The second-order valence-electron chi connectivity index (χ2n) is 8.98. The van der Waals surface area contributed by atoms with Crippen LogP contribution in [0.15, 0.2) is 30.3 Å². The van der Waals surface area contributed by atoms with E-state index in [2.05, 4.69) is 15.2 Å². The largest absolute Gasteiger partial charge is 0.506 e. The van der Waals surface area contributed by atoms with Gasteiger partial charge >= 0.3 is 5.97 Å². The minimum absolute atomic E-state index is 0.124. The van der Waals surface area contributed by atoms with Gasteiger partial charge in [-0.3, -0.25) is 14.7 Å². The second kappa shape index (κ2) is 12.4. The van der Waals surface area contributed by atoms with Crippen molar-refractivity contribution in [2.24, 2.45) is 0 Å². The van der Waals surface area contributed by atoms with Crippen molar-refractivity contribution in [3.63, 3.8) is 0 Å². The van der Waals surface area contributed by atoms with E-state index in [1.54, 1.807) is 12.1 Å². The van der Waals surface area contributed by atoms with Crippen molar-refractivity contribution in [2.75, 3.05) is 44.7 Å². The van der Waals surface area contributed by atoms with Gasteiger partial charge < -0.3 is 24.5 Å². The molecule has 1 fully saturated rings. The van der Waals surface area contributed by atoms with Crippen LogP contribution >= 0.6 is 11.6 Å². The maximum Gasteiger partial charge on any atom is 0.308 e. The number of aromatic hydroxyl groups is 1. The molecular weight excluding hydrogens is 482 g/mol. The fourth-order valence-corrected chi connectivity index (χ4v) is 4.60. The molecular formula is C26H34ClN5O4. The Hall–Kier alpha value is -2.88. The Kier molecular flexibility index (Phi) is 9.01. The topological polar surface area (TPSA) is 102 Å². The molecule has 0 spiro atoms. The summed E-state index contributed by atoms with van der Waals surface area (Å²) >= 11 is 6.09. The number of ether oxygens (including phenoxy) is 2. The fourth-order valence-electron chi connectivity index (χ4n) is 4.43. The van der Waals surface area contributed by atoms with Crippen LogP contribution in [-0.4, -0.2) is 76.0 Å². The minimum Gasteiger partial charge on any atom is -0.506 e. The average Bonchev–Trinajstić information content (AvgIpc) is 3.20. The third kappa shape index (κ3) is 6.66. The predicted molar refractivity (Wildman–Crippen MR) is 140 cm³/mol. The Bertz CT molecular complexity index is 1180. The number of morpholine rings is 1. The molecule has 9 nitrogen and oxygen atoms in total. The van der Waals surface area contributed by atoms with Gasteiger partial charge in [-0.25, -0.2) is 4.98 Å². The first-order valence-electron chi connectivity index (χ1n) is 12.4. The number of rotatable bonds is 11. The molecule has 36 heavy (non-hydrogen) atoms. The third-order valence-electron chi connectivity index (χ3n) is 6.22. The highest BCUT2D eigenvalue weighted by atomic mass is 35.5. The Balaban J connectivity index is 1.41. The molecule has 3 aromatic rings. The highest BCUT2D eigenvalue weighted by molar-refractivity contribution is 6.17. The number of fused-ring (bicyclic) bond motifs is 1. The van der Waals surface area contributed by atoms with Gasteiger partial charge in [-0.05, 0) is 50.1 Å². The molecule has 1 unspecified atom stereocenters. The first kappa shape index (κ1) is 26.2. The van der Waals surface area contributed by atoms with E-state index in [4.69, 9.17) is 26.1 Å². The van der Waals surface area contributed by atoms with Crippen molar-refractivity contribution >= 4 is 34.6 Å². The summed E-state index contributed by atoms with van der Waals surface area (Å²) in [6.45, 7) is 8.27. The van der Waals surface area contributed by atoms with Gasteiger partial charge in [-0.15, -0.1) is 11.6 Å². The molecule has 1 aliphatic heterocycles. The number of carbonyl (C=O) groups excluding carboxylic acids is 1. The monoisotopic (exact) mass is 515 g/mol. The highest BCUT2D eigenvalue weighted by Crippen LogP contribution is 2.25. The molecule has 0 saturated carbocycles. The summed E-state index contributed by atoms with van der Waals surface area (Å²) in [6.07, 6.45) is 1.06. The van der Waals surface area contributed by atoms with Crippen molar-refractivity contribution < 1.29 is 19.4 Å². The molecule has 1 aromatic carbocycles. The standard InChI is InChI=1S/C26H34ClN5O4/c1-3-35-25(34)14-20-16-31(11-12-36-20)10-4-9-28-26-30-21-7-6-19(15-27)13-23(21)32(26)17-22-24(33)8-5-18(2)29-22/h5-8,13,20,33H,3-4,9-12,14-17H2,1-2H3,(H,28,30). The minimum atomic E-state index is -0.212. The number of carbonyl (C=O) groups is 1. The maximum atomic E-state index is 11.8. The maximum absolute atomic E-state index is 11.8. The third-order valence-corrected chi connectivity index (χ3v) is 6.53. The van der Waals surface area contributed by atoms with Crippen molar-refractivity contribution in [3.8, 4) is 5.75 Å². The van der Waals surface area contributed by atoms with Crippen LogP contribution in [0.2, 0.25) is 0 Å². The zero-order valence-electron chi connectivity index (χ0n) is 20.9. The summed E-state index contributed by atoms with van der Waals surface area (Å²) in [6, 6.07) is 9.44. The fraction of sp³-hybridized carbons (Fsp3) is 0.500. The Morgan fingerprint density at radius 1 is 1.31 bits per heavy atom. The molecule has 0 bridgehead atoms. The lowest BCUT2D eigenvalue weighted by molar-refractivity contribution is -0.148. The number of benzene rings is 1. The van der Waals surface area contributed by atoms with Crippen molar-refractivity contribution in [1.82, 2.24) is 19.4 Å². The summed E-state index contributed by atoms with van der Waals surface area (Å²) in [5.74, 6) is 1.08. The molecule has 4 rings (SSSR count). The Labute approximate surface area is 216 Å². The van der Waals surface area contributed by atoms with Crippen molar-refractivity contribution in [1.29, 1.82) is 0 Å². The number of aryl methyl sites for hydroxylation is 1. The normalized spacial score (nSPS) is 16.4. The number of nitrogens with zero attached hydrogens (tertiary/aromatic N) is 4. The predicted octanol–water partition coefficient (Wildman–Crippen LogP) is 3.69. The lowest BCUT2D eigenvalue weighted by atomic mass is 10.2. The average molecular weight is 516 g/mol. The van der Waals surface area contributed by atoms with Crippen LogP contribution in [0, 0.1) is 6.92 Å². The molecule has 10 heteroatoms. The van der Waals surface area contributed by atoms with E-state index in [1.165, 1.54) is 0 Å². The van der Waals surface area contributed by atoms with E-state index in [-0.39, 0.29) is 24.2 Å². The second-order valence-corrected chi connectivity index (χ2v) is 9.25. The summed E-state index contributed by atoms with van der Waals surface area (Å²) < 4.78 is 12.8. The van der Waals surface area contributed by atoms with Gasteiger partial charge in [-0.1, -0.05) is 6.07 Å². The molecule has 2 aromatic heterocycles.